The maximum atomic E-state index is 10.1. The second-order valence-corrected chi connectivity index (χ2v) is 4.13. The Bertz CT molecular complexity index is 236. The SMILES string of the molecule is CC(=O)C(=O)O.CCCCCCCCCC(=O)O. The van der Waals surface area contributed by atoms with Crippen LogP contribution in [0.25, 0.3) is 0 Å². The summed E-state index contributed by atoms with van der Waals surface area (Å²) in [4.78, 5) is 29.0. The van der Waals surface area contributed by atoms with Gasteiger partial charge in [0.25, 0.3) is 0 Å². The first-order valence-corrected chi connectivity index (χ1v) is 6.37. The van der Waals surface area contributed by atoms with Crippen molar-refractivity contribution in [3.05, 3.63) is 0 Å². The van der Waals surface area contributed by atoms with Crippen LogP contribution in [0.5, 0.6) is 0 Å². The van der Waals surface area contributed by atoms with E-state index in [2.05, 4.69) is 6.92 Å². The molecular formula is C13H24O5. The molecule has 0 radical (unpaired) electrons. The fourth-order valence-electron chi connectivity index (χ4n) is 1.23. The van der Waals surface area contributed by atoms with Crippen LogP contribution >= 0.6 is 0 Å². The Balaban J connectivity index is 0. The minimum Gasteiger partial charge on any atom is -0.481 e. The summed E-state index contributed by atoms with van der Waals surface area (Å²) in [6.45, 7) is 3.20. The minimum atomic E-state index is -1.38. The van der Waals surface area contributed by atoms with Crippen LogP contribution in [0.3, 0.4) is 0 Å². The summed E-state index contributed by atoms with van der Waals surface area (Å²) in [7, 11) is 0. The largest absolute Gasteiger partial charge is 0.481 e. The summed E-state index contributed by atoms with van der Waals surface area (Å²) in [5, 5.41) is 16.0. The third kappa shape index (κ3) is 20.1. The molecule has 0 saturated carbocycles. The molecule has 106 valence electrons. The Morgan fingerprint density at radius 3 is 1.56 bits per heavy atom. The average molecular weight is 260 g/mol. The molecule has 2 N–H and O–H groups in total. The first-order chi connectivity index (χ1) is 8.41. The van der Waals surface area contributed by atoms with E-state index >= 15 is 0 Å². The average Bonchev–Trinajstić information content (AvgIpc) is 2.28. The second kappa shape index (κ2) is 13.7. The van der Waals surface area contributed by atoms with Crippen molar-refractivity contribution in [3.63, 3.8) is 0 Å². The van der Waals surface area contributed by atoms with Crippen molar-refractivity contribution < 1.29 is 24.6 Å². The van der Waals surface area contributed by atoms with Crippen LogP contribution in [0.15, 0.2) is 0 Å². The summed E-state index contributed by atoms with van der Waals surface area (Å²) < 4.78 is 0. The molecule has 0 heterocycles. The van der Waals surface area contributed by atoms with Gasteiger partial charge in [-0.25, -0.2) is 4.79 Å². The molecule has 5 nitrogen and oxygen atoms in total. The molecule has 0 amide bonds. The Morgan fingerprint density at radius 2 is 1.22 bits per heavy atom. The van der Waals surface area contributed by atoms with E-state index in [0.29, 0.717) is 6.42 Å². The number of Topliss-reactive ketones (excluding diaryl/α,β-unsaturated/α-hetero) is 1. The van der Waals surface area contributed by atoms with E-state index in [9.17, 15) is 14.4 Å². The van der Waals surface area contributed by atoms with Gasteiger partial charge in [0.15, 0.2) is 0 Å². The number of hydrogen-bond acceptors (Lipinski definition) is 3. The van der Waals surface area contributed by atoms with Gasteiger partial charge in [0.1, 0.15) is 0 Å². The van der Waals surface area contributed by atoms with Crippen molar-refractivity contribution in [2.75, 3.05) is 0 Å². The minimum absolute atomic E-state index is 0.341. The molecule has 18 heavy (non-hydrogen) atoms. The third-order valence-corrected chi connectivity index (χ3v) is 2.30. The van der Waals surface area contributed by atoms with Gasteiger partial charge in [0, 0.05) is 13.3 Å². The summed E-state index contributed by atoms with van der Waals surface area (Å²) in [5.41, 5.74) is 0. The van der Waals surface area contributed by atoms with Crippen LogP contribution in [0.4, 0.5) is 0 Å². The standard InChI is InChI=1S/C10H20O2.C3H4O3/c1-2-3-4-5-6-7-8-9-10(11)12;1-2(4)3(5)6/h2-9H2,1H3,(H,11,12);1H3,(H,5,6). The number of ketones is 1. The van der Waals surface area contributed by atoms with E-state index in [0.717, 1.165) is 19.8 Å². The molecule has 0 aliphatic rings. The predicted octanol–water partition coefficient (Wildman–Crippen LogP) is 2.87. The van der Waals surface area contributed by atoms with Gasteiger partial charge >= 0.3 is 11.9 Å². The molecule has 0 unspecified atom stereocenters. The van der Waals surface area contributed by atoms with Crippen LogP contribution in [0.1, 0.15) is 65.2 Å². The first kappa shape index (κ1) is 19.0. The molecule has 0 aliphatic heterocycles. The Hall–Kier alpha value is -1.39. The highest BCUT2D eigenvalue weighted by molar-refractivity contribution is 6.31. The number of carbonyl (C=O) groups is 3. The van der Waals surface area contributed by atoms with E-state index in [1.54, 1.807) is 0 Å². The molecule has 0 aromatic carbocycles. The van der Waals surface area contributed by atoms with Crippen molar-refractivity contribution >= 4 is 17.7 Å². The van der Waals surface area contributed by atoms with Crippen LogP contribution in [-0.2, 0) is 14.4 Å². The molecule has 0 rings (SSSR count). The molecule has 0 saturated heterocycles. The molecule has 0 aromatic heterocycles. The summed E-state index contributed by atoms with van der Waals surface area (Å²) in [6.07, 6.45) is 8.64. The van der Waals surface area contributed by atoms with Gasteiger partial charge < -0.3 is 10.2 Å². The van der Waals surface area contributed by atoms with Crippen LogP contribution < -0.4 is 0 Å². The quantitative estimate of drug-likeness (QED) is 0.491. The molecule has 5 heteroatoms. The van der Waals surface area contributed by atoms with E-state index in [4.69, 9.17) is 10.2 Å². The lowest BCUT2D eigenvalue weighted by Crippen LogP contribution is -2.05. The normalized spacial score (nSPS) is 9.22. The van der Waals surface area contributed by atoms with Crippen LogP contribution in [0, 0.1) is 0 Å². The zero-order valence-corrected chi connectivity index (χ0v) is 11.3. The van der Waals surface area contributed by atoms with Crippen molar-refractivity contribution in [2.24, 2.45) is 0 Å². The number of carboxylic acids is 2. The lowest BCUT2D eigenvalue weighted by atomic mass is 10.1. The van der Waals surface area contributed by atoms with E-state index in [1.807, 2.05) is 0 Å². The van der Waals surface area contributed by atoms with Gasteiger partial charge in [-0.15, -0.1) is 0 Å². The zero-order chi connectivity index (χ0) is 14.4. The highest BCUT2D eigenvalue weighted by Gasteiger charge is 1.99. The lowest BCUT2D eigenvalue weighted by Gasteiger charge is -1.98. The summed E-state index contributed by atoms with van der Waals surface area (Å²) >= 11 is 0. The van der Waals surface area contributed by atoms with Crippen LogP contribution in [-0.4, -0.2) is 27.9 Å². The topological polar surface area (TPSA) is 91.7 Å². The first-order valence-electron chi connectivity index (χ1n) is 6.37. The van der Waals surface area contributed by atoms with Crippen molar-refractivity contribution in [2.45, 2.75) is 65.2 Å². The molecule has 0 atom stereocenters. The second-order valence-electron chi connectivity index (χ2n) is 4.13. The Kier molecular flexibility index (Phi) is 14.4. The number of carboxylic acid groups (broad SMARTS) is 2. The fraction of sp³-hybridized carbons (Fsp3) is 0.769. The maximum absolute atomic E-state index is 10.1. The number of rotatable bonds is 9. The Labute approximate surface area is 108 Å². The van der Waals surface area contributed by atoms with Gasteiger partial charge in [0.05, 0.1) is 0 Å². The fourth-order valence-corrected chi connectivity index (χ4v) is 1.23. The highest BCUT2D eigenvalue weighted by atomic mass is 16.4. The van der Waals surface area contributed by atoms with E-state index in [1.165, 1.54) is 32.1 Å². The molecule has 0 bridgehead atoms. The molecule has 0 spiro atoms. The third-order valence-electron chi connectivity index (χ3n) is 2.30. The van der Waals surface area contributed by atoms with Crippen molar-refractivity contribution in [3.8, 4) is 0 Å². The highest BCUT2D eigenvalue weighted by Crippen LogP contribution is 2.07. The lowest BCUT2D eigenvalue weighted by molar-refractivity contribution is -0.148. The maximum Gasteiger partial charge on any atom is 0.371 e. The van der Waals surface area contributed by atoms with Gasteiger partial charge in [-0.3, -0.25) is 9.59 Å². The molecule has 0 aromatic rings. The van der Waals surface area contributed by atoms with Gasteiger partial charge in [-0.05, 0) is 6.42 Å². The van der Waals surface area contributed by atoms with E-state index < -0.39 is 17.7 Å². The van der Waals surface area contributed by atoms with Gasteiger partial charge in [-0.1, -0.05) is 45.4 Å². The number of hydrogen-bond donors (Lipinski definition) is 2. The number of aliphatic carboxylic acids is 2. The Morgan fingerprint density at radius 1 is 0.833 bits per heavy atom. The van der Waals surface area contributed by atoms with Crippen molar-refractivity contribution in [1.82, 2.24) is 0 Å². The summed E-state index contributed by atoms with van der Waals surface area (Å²) in [5.74, 6) is -2.87. The molecule has 0 fully saturated rings. The zero-order valence-electron chi connectivity index (χ0n) is 11.3. The number of unbranched alkanes of at least 4 members (excludes halogenated alkanes) is 6. The van der Waals surface area contributed by atoms with Gasteiger partial charge in [-0.2, -0.15) is 0 Å². The molecular weight excluding hydrogens is 236 g/mol. The molecule has 0 aliphatic carbocycles. The predicted molar refractivity (Wildman–Crippen MR) is 68.6 cm³/mol. The number of carbonyl (C=O) groups excluding carboxylic acids is 1. The smallest absolute Gasteiger partial charge is 0.371 e. The monoisotopic (exact) mass is 260 g/mol. The van der Waals surface area contributed by atoms with Crippen LogP contribution in [0.2, 0.25) is 0 Å². The van der Waals surface area contributed by atoms with Crippen molar-refractivity contribution in [1.29, 1.82) is 0 Å². The summed E-state index contributed by atoms with van der Waals surface area (Å²) in [6, 6.07) is 0. The van der Waals surface area contributed by atoms with Gasteiger partial charge in [0.2, 0.25) is 5.78 Å². The van der Waals surface area contributed by atoms with E-state index in [-0.39, 0.29) is 0 Å².